The van der Waals surface area contributed by atoms with Crippen LogP contribution in [0.15, 0.2) is 59.3 Å². The van der Waals surface area contributed by atoms with E-state index in [-0.39, 0.29) is 11.8 Å². The highest BCUT2D eigenvalue weighted by Crippen LogP contribution is 2.38. The molecule has 1 aliphatic rings. The lowest BCUT2D eigenvalue weighted by atomic mass is 9.95. The molecule has 4 aromatic rings. The Morgan fingerprint density at radius 3 is 2.52 bits per heavy atom. The molecule has 29 heavy (non-hydrogen) atoms. The number of nitrogens with two attached hydrogens (primary N) is 1. The number of hydrogen-bond donors (Lipinski definition) is 3. The van der Waals surface area contributed by atoms with Crippen molar-refractivity contribution < 1.29 is 9.59 Å². The second-order valence-electron chi connectivity index (χ2n) is 6.97. The maximum absolute atomic E-state index is 12.9. The molecule has 5 rings (SSSR count). The summed E-state index contributed by atoms with van der Waals surface area (Å²) >= 11 is 3.51. The highest BCUT2D eigenvalue weighted by molar-refractivity contribution is 9.10. The molecule has 0 radical (unpaired) electrons. The Morgan fingerprint density at radius 2 is 1.72 bits per heavy atom. The number of carbonyl (C=O) groups excluding carboxylic acids is 2. The summed E-state index contributed by atoms with van der Waals surface area (Å²) in [6.45, 7) is 1.08. The van der Waals surface area contributed by atoms with Gasteiger partial charge in [-0.1, -0.05) is 40.2 Å². The van der Waals surface area contributed by atoms with Crippen LogP contribution in [0.2, 0.25) is 0 Å². The number of nitrogens with zero attached hydrogens (tertiary/aromatic N) is 1. The monoisotopic (exact) mass is 448 g/mol. The fourth-order valence-corrected chi connectivity index (χ4v) is 4.38. The average Bonchev–Trinajstić information content (AvgIpc) is 3.35. The van der Waals surface area contributed by atoms with Gasteiger partial charge in [0, 0.05) is 62.9 Å². The summed E-state index contributed by atoms with van der Waals surface area (Å²) in [4.78, 5) is 28.8. The fraction of sp³-hybridized carbons (Fsp3) is 0.0909. The molecule has 4 N–H and O–H groups in total. The topological polar surface area (TPSA) is 92.9 Å². The number of hydrogen-bond acceptors (Lipinski definition) is 3. The van der Waals surface area contributed by atoms with Crippen molar-refractivity contribution in [3.8, 4) is 0 Å². The minimum atomic E-state index is -0.384. The van der Waals surface area contributed by atoms with Crippen molar-refractivity contribution in [1.29, 1.82) is 0 Å². The van der Waals surface area contributed by atoms with E-state index in [9.17, 15) is 9.59 Å². The van der Waals surface area contributed by atoms with Gasteiger partial charge in [0.15, 0.2) is 0 Å². The summed E-state index contributed by atoms with van der Waals surface area (Å²) < 4.78 is 2.96. The molecule has 0 saturated heterocycles. The van der Waals surface area contributed by atoms with E-state index >= 15 is 0 Å². The van der Waals surface area contributed by atoms with Crippen molar-refractivity contribution in [3.05, 3.63) is 70.5 Å². The molecular weight excluding hydrogens is 432 g/mol. The minimum absolute atomic E-state index is 0.383. The van der Waals surface area contributed by atoms with Gasteiger partial charge in [-0.25, -0.2) is 0 Å². The van der Waals surface area contributed by atoms with Crippen LogP contribution < -0.4 is 11.1 Å². The first-order valence-electron chi connectivity index (χ1n) is 9.23. The zero-order valence-electron chi connectivity index (χ0n) is 15.3. The van der Waals surface area contributed by atoms with Gasteiger partial charge in [-0.05, 0) is 18.2 Å². The van der Waals surface area contributed by atoms with E-state index in [0.717, 1.165) is 37.4 Å². The van der Waals surface area contributed by atoms with Gasteiger partial charge in [0.25, 0.3) is 11.8 Å². The number of imide groups is 1. The summed E-state index contributed by atoms with van der Waals surface area (Å²) in [5.74, 6) is -0.767. The van der Waals surface area contributed by atoms with E-state index in [2.05, 4.69) is 26.2 Å². The molecule has 6 nitrogen and oxygen atoms in total. The van der Waals surface area contributed by atoms with Crippen molar-refractivity contribution >= 4 is 60.7 Å². The molecule has 144 valence electrons. The summed E-state index contributed by atoms with van der Waals surface area (Å²) in [6, 6.07) is 13.6. The lowest BCUT2D eigenvalue weighted by molar-refractivity contribution is -0.122. The number of fused-ring (bicyclic) bond motifs is 2. The highest BCUT2D eigenvalue weighted by Gasteiger charge is 2.35. The van der Waals surface area contributed by atoms with E-state index in [0.29, 0.717) is 24.2 Å². The van der Waals surface area contributed by atoms with Crippen LogP contribution in [-0.4, -0.2) is 27.9 Å². The number of halogens is 1. The van der Waals surface area contributed by atoms with Gasteiger partial charge in [0.2, 0.25) is 0 Å². The van der Waals surface area contributed by atoms with Crippen molar-refractivity contribution in [2.45, 2.75) is 6.54 Å². The maximum atomic E-state index is 12.9. The quantitative estimate of drug-likeness (QED) is 0.417. The van der Waals surface area contributed by atoms with E-state index < -0.39 is 0 Å². The number of nitrogens with one attached hydrogen (secondary N) is 2. The van der Waals surface area contributed by atoms with Crippen molar-refractivity contribution in [2.24, 2.45) is 5.73 Å². The van der Waals surface area contributed by atoms with E-state index in [1.807, 2.05) is 53.2 Å². The number of amides is 2. The Balaban J connectivity index is 1.83. The Kier molecular flexibility index (Phi) is 4.15. The number of para-hydroxylation sites is 1. The van der Waals surface area contributed by atoms with E-state index in [1.165, 1.54) is 0 Å². The van der Waals surface area contributed by atoms with Gasteiger partial charge in [0.1, 0.15) is 0 Å². The van der Waals surface area contributed by atoms with Gasteiger partial charge in [-0.3, -0.25) is 14.9 Å². The predicted octanol–water partition coefficient (Wildman–Crippen LogP) is 3.41. The fourth-order valence-electron chi connectivity index (χ4n) is 4.04. The number of benzene rings is 2. The van der Waals surface area contributed by atoms with Crippen LogP contribution in [0.25, 0.3) is 33.0 Å². The standard InChI is InChI=1S/C22H17BrN4O2/c23-12-5-6-14-16(11-27(8-7-24)18(14)9-12)20-19(21(28)26-22(20)29)15-10-25-17-4-2-1-3-13(15)17/h1-6,9-11,25H,7-8,24H2,(H,26,28,29). The predicted molar refractivity (Wildman–Crippen MR) is 117 cm³/mol. The van der Waals surface area contributed by atoms with E-state index in [1.54, 1.807) is 6.20 Å². The van der Waals surface area contributed by atoms with Gasteiger partial charge < -0.3 is 15.3 Å². The molecular formula is C22H17BrN4O2. The number of H-pyrrole nitrogens is 1. The average molecular weight is 449 g/mol. The zero-order chi connectivity index (χ0) is 20.1. The molecule has 2 aromatic carbocycles. The van der Waals surface area contributed by atoms with Crippen LogP contribution in [0.5, 0.6) is 0 Å². The molecule has 0 unspecified atom stereocenters. The van der Waals surface area contributed by atoms with Crippen LogP contribution in [-0.2, 0) is 16.1 Å². The number of carbonyl (C=O) groups is 2. The molecule has 2 amide bonds. The van der Waals surface area contributed by atoms with Gasteiger partial charge >= 0.3 is 0 Å². The first kappa shape index (κ1) is 17.9. The molecule has 0 spiro atoms. The molecule has 0 fully saturated rings. The van der Waals surface area contributed by atoms with Crippen LogP contribution in [0.4, 0.5) is 0 Å². The SMILES string of the molecule is NCCn1cc(C2=C(c3c[nH]c4ccccc34)C(=O)NC2=O)c2ccc(Br)cc21. The minimum Gasteiger partial charge on any atom is -0.361 e. The van der Waals surface area contributed by atoms with Crippen molar-refractivity contribution in [3.63, 3.8) is 0 Å². The third-order valence-corrected chi connectivity index (χ3v) is 5.77. The number of aromatic amines is 1. The van der Waals surface area contributed by atoms with Gasteiger partial charge in [-0.2, -0.15) is 0 Å². The van der Waals surface area contributed by atoms with Crippen molar-refractivity contribution in [2.75, 3.05) is 6.54 Å². The smallest absolute Gasteiger partial charge is 0.259 e. The second kappa shape index (κ2) is 6.72. The second-order valence-corrected chi connectivity index (χ2v) is 7.88. The molecule has 0 aliphatic carbocycles. The first-order valence-corrected chi connectivity index (χ1v) is 10.0. The largest absolute Gasteiger partial charge is 0.361 e. The lowest BCUT2D eigenvalue weighted by Crippen LogP contribution is -2.22. The van der Waals surface area contributed by atoms with E-state index in [4.69, 9.17) is 5.73 Å². The van der Waals surface area contributed by atoms with Gasteiger partial charge in [0.05, 0.1) is 11.1 Å². The highest BCUT2D eigenvalue weighted by atomic mass is 79.9. The Hall–Kier alpha value is -3.16. The van der Waals surface area contributed by atoms with Crippen LogP contribution in [0.3, 0.4) is 0 Å². The maximum Gasteiger partial charge on any atom is 0.259 e. The lowest BCUT2D eigenvalue weighted by Gasteiger charge is -2.03. The summed E-state index contributed by atoms with van der Waals surface area (Å²) in [5.41, 5.74) is 9.88. The number of rotatable bonds is 4. The Bertz CT molecular complexity index is 1350. The molecule has 7 heteroatoms. The molecule has 0 saturated carbocycles. The number of aromatic nitrogens is 2. The molecule has 1 aliphatic heterocycles. The first-order chi connectivity index (χ1) is 14.1. The normalized spacial score (nSPS) is 14.4. The van der Waals surface area contributed by atoms with Crippen LogP contribution in [0, 0.1) is 0 Å². The molecule has 0 atom stereocenters. The molecule has 0 bridgehead atoms. The Morgan fingerprint density at radius 1 is 0.966 bits per heavy atom. The zero-order valence-corrected chi connectivity index (χ0v) is 16.9. The third kappa shape index (κ3) is 2.73. The van der Waals surface area contributed by atoms with Crippen LogP contribution >= 0.6 is 15.9 Å². The molecule has 2 aromatic heterocycles. The third-order valence-electron chi connectivity index (χ3n) is 5.27. The molecule has 3 heterocycles. The Labute approximate surface area is 174 Å². The summed E-state index contributed by atoms with van der Waals surface area (Å²) in [5, 5.41) is 4.28. The van der Waals surface area contributed by atoms with Crippen molar-refractivity contribution in [1.82, 2.24) is 14.9 Å². The van der Waals surface area contributed by atoms with Gasteiger partial charge in [-0.15, -0.1) is 0 Å². The van der Waals surface area contributed by atoms with Crippen LogP contribution in [0.1, 0.15) is 11.1 Å². The summed E-state index contributed by atoms with van der Waals surface area (Å²) in [7, 11) is 0. The summed E-state index contributed by atoms with van der Waals surface area (Å²) in [6.07, 6.45) is 3.69.